The molecule has 0 radical (unpaired) electrons. The summed E-state index contributed by atoms with van der Waals surface area (Å²) in [6, 6.07) is 3.21. The smallest absolute Gasteiger partial charge is 0.211 e. The highest BCUT2D eigenvalue weighted by molar-refractivity contribution is 7.89. The molecule has 0 fully saturated rings. The molecule has 1 N–H and O–H groups in total. The van der Waals surface area contributed by atoms with Gasteiger partial charge in [-0.25, -0.2) is 17.5 Å². The largest absolute Gasteiger partial charge is 0.242 e. The van der Waals surface area contributed by atoms with Gasteiger partial charge < -0.3 is 0 Å². The number of rotatable bonds is 6. The first kappa shape index (κ1) is 15.7. The molecule has 1 unspecified atom stereocenters. The van der Waals surface area contributed by atoms with Gasteiger partial charge in [0.1, 0.15) is 10.7 Å². The van der Waals surface area contributed by atoms with E-state index in [4.69, 9.17) is 23.2 Å². The zero-order chi connectivity index (χ0) is 13.8. The van der Waals surface area contributed by atoms with Crippen LogP contribution in [0.25, 0.3) is 0 Å². The summed E-state index contributed by atoms with van der Waals surface area (Å²) in [5.41, 5.74) is 0. The molecule has 0 amide bonds. The van der Waals surface area contributed by atoms with Crippen molar-refractivity contribution in [3.05, 3.63) is 29.0 Å². The van der Waals surface area contributed by atoms with Gasteiger partial charge in [0, 0.05) is 11.9 Å². The van der Waals surface area contributed by atoms with E-state index < -0.39 is 15.8 Å². The predicted octanol–water partition coefficient (Wildman–Crippen LogP) is 3.16. The second-order valence-corrected chi connectivity index (χ2v) is 6.53. The van der Waals surface area contributed by atoms with Crippen LogP contribution >= 0.6 is 23.2 Å². The Balaban J connectivity index is 2.77. The van der Waals surface area contributed by atoms with Gasteiger partial charge >= 0.3 is 0 Å². The number of hydrogen-bond acceptors (Lipinski definition) is 2. The van der Waals surface area contributed by atoms with Crippen molar-refractivity contribution in [1.29, 1.82) is 0 Å². The summed E-state index contributed by atoms with van der Waals surface area (Å²) >= 11 is 11.6. The van der Waals surface area contributed by atoms with Crippen molar-refractivity contribution in [2.24, 2.45) is 0 Å². The fraction of sp³-hybridized carbons (Fsp3) is 0.455. The van der Waals surface area contributed by atoms with Crippen LogP contribution in [0.5, 0.6) is 0 Å². The molecule has 18 heavy (non-hydrogen) atoms. The topological polar surface area (TPSA) is 46.2 Å². The summed E-state index contributed by atoms with van der Waals surface area (Å²) in [6.45, 7) is 2.10. The van der Waals surface area contributed by atoms with Crippen LogP contribution in [0.1, 0.15) is 19.8 Å². The standard InChI is InChI=1S/C11H14Cl2FNO2S/c1-2-8(12)5-6-15-18(16,17)11-7-9(14)3-4-10(11)13/h3-4,7-8,15H,2,5-6H2,1H3. The third-order valence-electron chi connectivity index (χ3n) is 2.38. The van der Waals surface area contributed by atoms with E-state index in [0.29, 0.717) is 6.42 Å². The lowest BCUT2D eigenvalue weighted by Crippen LogP contribution is -2.26. The lowest BCUT2D eigenvalue weighted by molar-refractivity contribution is 0.573. The molecular weight excluding hydrogens is 300 g/mol. The van der Waals surface area contributed by atoms with Crippen LogP contribution in [0.3, 0.4) is 0 Å². The average molecular weight is 314 g/mol. The number of nitrogens with one attached hydrogen (secondary N) is 1. The van der Waals surface area contributed by atoms with Crippen molar-refractivity contribution < 1.29 is 12.8 Å². The maximum absolute atomic E-state index is 13.0. The number of alkyl halides is 1. The molecule has 0 saturated carbocycles. The molecule has 0 aliphatic carbocycles. The second kappa shape index (κ2) is 6.70. The summed E-state index contributed by atoms with van der Waals surface area (Å²) in [7, 11) is -3.80. The van der Waals surface area contributed by atoms with E-state index in [9.17, 15) is 12.8 Å². The highest BCUT2D eigenvalue weighted by Gasteiger charge is 2.18. The van der Waals surface area contributed by atoms with E-state index in [-0.39, 0.29) is 21.8 Å². The van der Waals surface area contributed by atoms with Gasteiger partial charge in [-0.15, -0.1) is 11.6 Å². The highest BCUT2D eigenvalue weighted by atomic mass is 35.5. The van der Waals surface area contributed by atoms with Gasteiger partial charge in [0.15, 0.2) is 0 Å². The molecule has 0 heterocycles. The molecule has 1 atom stereocenters. The lowest BCUT2D eigenvalue weighted by Gasteiger charge is -2.10. The minimum Gasteiger partial charge on any atom is -0.211 e. The molecule has 0 aromatic heterocycles. The first-order valence-electron chi connectivity index (χ1n) is 5.45. The first-order chi connectivity index (χ1) is 8.36. The van der Waals surface area contributed by atoms with Gasteiger partial charge in [-0.3, -0.25) is 0 Å². The number of hydrogen-bond donors (Lipinski definition) is 1. The van der Waals surface area contributed by atoms with Gasteiger partial charge in [0.2, 0.25) is 10.0 Å². The third kappa shape index (κ3) is 4.39. The maximum atomic E-state index is 13.0. The summed E-state index contributed by atoms with van der Waals surface area (Å²) in [4.78, 5) is -0.258. The van der Waals surface area contributed by atoms with E-state index in [1.54, 1.807) is 0 Å². The van der Waals surface area contributed by atoms with Gasteiger partial charge in [-0.05, 0) is 31.0 Å². The second-order valence-electron chi connectivity index (χ2n) is 3.77. The minimum absolute atomic E-state index is 0.0122. The van der Waals surface area contributed by atoms with Crippen molar-refractivity contribution in [3.63, 3.8) is 0 Å². The van der Waals surface area contributed by atoms with E-state index in [1.165, 1.54) is 6.07 Å². The zero-order valence-corrected chi connectivity index (χ0v) is 12.1. The Morgan fingerprint density at radius 2 is 2.11 bits per heavy atom. The Hall–Kier alpha value is -0.360. The Morgan fingerprint density at radius 1 is 1.44 bits per heavy atom. The fourth-order valence-corrected chi connectivity index (χ4v) is 2.98. The summed E-state index contributed by atoms with van der Waals surface area (Å²) in [6.07, 6.45) is 1.26. The molecule has 1 aromatic carbocycles. The van der Waals surface area contributed by atoms with Gasteiger partial charge in [0.25, 0.3) is 0 Å². The fourth-order valence-electron chi connectivity index (χ4n) is 1.31. The molecule has 1 aromatic rings. The van der Waals surface area contributed by atoms with Crippen LogP contribution in [0.15, 0.2) is 23.1 Å². The molecule has 0 spiro atoms. The Kier molecular flexibility index (Phi) is 5.85. The third-order valence-corrected chi connectivity index (χ3v) is 4.84. The molecule has 0 bridgehead atoms. The zero-order valence-electron chi connectivity index (χ0n) is 9.79. The first-order valence-corrected chi connectivity index (χ1v) is 7.75. The van der Waals surface area contributed by atoms with Crippen molar-refractivity contribution in [1.82, 2.24) is 4.72 Å². The van der Waals surface area contributed by atoms with Crippen molar-refractivity contribution in [2.45, 2.75) is 30.0 Å². The maximum Gasteiger partial charge on any atom is 0.242 e. The lowest BCUT2D eigenvalue weighted by atomic mass is 10.2. The Bertz CT molecular complexity index is 508. The molecule has 0 aliphatic rings. The molecule has 0 aliphatic heterocycles. The minimum atomic E-state index is -3.80. The van der Waals surface area contributed by atoms with Crippen LogP contribution in [-0.2, 0) is 10.0 Å². The Morgan fingerprint density at radius 3 is 2.72 bits per heavy atom. The van der Waals surface area contributed by atoms with Crippen molar-refractivity contribution >= 4 is 33.2 Å². The highest BCUT2D eigenvalue weighted by Crippen LogP contribution is 2.22. The van der Waals surface area contributed by atoms with Gasteiger partial charge in [-0.2, -0.15) is 0 Å². The van der Waals surface area contributed by atoms with E-state index in [0.717, 1.165) is 18.6 Å². The molecule has 3 nitrogen and oxygen atoms in total. The number of sulfonamides is 1. The molecule has 7 heteroatoms. The average Bonchev–Trinajstić information content (AvgIpc) is 2.31. The van der Waals surface area contributed by atoms with Gasteiger partial charge in [0.05, 0.1) is 5.02 Å². The van der Waals surface area contributed by atoms with Crippen LogP contribution < -0.4 is 4.72 Å². The molecular formula is C11H14Cl2FNO2S. The van der Waals surface area contributed by atoms with Crippen LogP contribution in [0.4, 0.5) is 4.39 Å². The Labute approximate surface area is 116 Å². The van der Waals surface area contributed by atoms with Gasteiger partial charge in [-0.1, -0.05) is 18.5 Å². The monoisotopic (exact) mass is 313 g/mol. The van der Waals surface area contributed by atoms with Crippen LogP contribution in [-0.4, -0.2) is 20.3 Å². The SMILES string of the molecule is CCC(Cl)CCNS(=O)(=O)c1cc(F)ccc1Cl. The van der Waals surface area contributed by atoms with Crippen LogP contribution in [0, 0.1) is 5.82 Å². The van der Waals surface area contributed by atoms with E-state index in [2.05, 4.69) is 4.72 Å². The summed E-state index contributed by atoms with van der Waals surface area (Å²) in [5, 5.41) is -0.0995. The normalized spacial score (nSPS) is 13.6. The molecule has 0 saturated heterocycles. The van der Waals surface area contributed by atoms with Crippen molar-refractivity contribution in [3.8, 4) is 0 Å². The molecule has 102 valence electrons. The van der Waals surface area contributed by atoms with E-state index in [1.807, 2.05) is 6.92 Å². The molecule has 1 rings (SSSR count). The number of halogens is 3. The van der Waals surface area contributed by atoms with Crippen LogP contribution in [0.2, 0.25) is 5.02 Å². The summed E-state index contributed by atoms with van der Waals surface area (Å²) < 4.78 is 39.1. The summed E-state index contributed by atoms with van der Waals surface area (Å²) in [5.74, 6) is -0.649. The van der Waals surface area contributed by atoms with Crippen molar-refractivity contribution in [2.75, 3.05) is 6.54 Å². The quantitative estimate of drug-likeness (QED) is 0.820. The van der Waals surface area contributed by atoms with E-state index >= 15 is 0 Å². The predicted molar refractivity (Wildman–Crippen MR) is 71.1 cm³/mol. The number of benzene rings is 1.